The van der Waals surface area contributed by atoms with Crippen molar-refractivity contribution < 1.29 is 8.42 Å². The second-order valence-electron chi connectivity index (χ2n) is 4.46. The molecule has 2 heterocycles. The quantitative estimate of drug-likeness (QED) is 0.750. The van der Waals surface area contributed by atoms with Crippen LogP contribution in [0.4, 0.5) is 0 Å². The van der Waals surface area contributed by atoms with Crippen LogP contribution in [0.1, 0.15) is 5.82 Å². The summed E-state index contributed by atoms with van der Waals surface area (Å²) in [5.41, 5.74) is 1.83. The van der Waals surface area contributed by atoms with Gasteiger partial charge in [0.15, 0.2) is 0 Å². The van der Waals surface area contributed by atoms with Crippen molar-refractivity contribution in [1.82, 2.24) is 14.3 Å². The number of aromatic nitrogens is 2. The molecule has 0 amide bonds. The average Bonchev–Trinajstić information content (AvgIpc) is 3.02. The summed E-state index contributed by atoms with van der Waals surface area (Å²) in [6.07, 6.45) is 0. The molecule has 5 nitrogen and oxygen atoms in total. The van der Waals surface area contributed by atoms with E-state index in [0.717, 1.165) is 14.8 Å². The van der Waals surface area contributed by atoms with E-state index in [1.807, 2.05) is 35.9 Å². The topological polar surface area (TPSA) is 64.0 Å². The van der Waals surface area contributed by atoms with Crippen LogP contribution >= 0.6 is 27.3 Å². The Labute approximate surface area is 134 Å². The molecule has 0 spiro atoms. The van der Waals surface area contributed by atoms with Crippen molar-refractivity contribution in [3.05, 3.63) is 46.0 Å². The zero-order valence-electron chi connectivity index (χ0n) is 11.1. The Morgan fingerprint density at radius 2 is 2.05 bits per heavy atom. The first-order valence-corrected chi connectivity index (χ1v) is 9.22. The van der Waals surface area contributed by atoms with Crippen LogP contribution < -0.4 is 4.72 Å². The molecule has 21 heavy (non-hydrogen) atoms. The molecule has 3 aromatic rings. The number of para-hydroxylation sites is 2. The molecule has 0 saturated carbocycles. The first-order chi connectivity index (χ1) is 9.97. The fourth-order valence-electron chi connectivity index (χ4n) is 2.03. The van der Waals surface area contributed by atoms with Gasteiger partial charge in [-0.2, -0.15) is 0 Å². The Bertz CT molecular complexity index is 899. The number of hydrogen-bond donors (Lipinski definition) is 1. The standard InChI is InChI=1S/C13H12BrN3O2S2/c1-17-10-5-3-2-4-9(10)16-12(17)8-15-21(18,19)13-7-6-11(14)20-13/h2-7,15H,8H2,1H3. The van der Waals surface area contributed by atoms with Gasteiger partial charge in [-0.05, 0) is 40.2 Å². The third-order valence-electron chi connectivity index (χ3n) is 3.11. The number of hydrogen-bond acceptors (Lipinski definition) is 4. The second kappa shape index (κ2) is 5.53. The van der Waals surface area contributed by atoms with E-state index in [-0.39, 0.29) is 10.8 Å². The smallest absolute Gasteiger partial charge is 0.250 e. The van der Waals surface area contributed by atoms with Crippen molar-refractivity contribution in [2.75, 3.05) is 0 Å². The maximum atomic E-state index is 12.2. The molecule has 0 atom stereocenters. The van der Waals surface area contributed by atoms with Crippen LogP contribution in [0, 0.1) is 0 Å². The van der Waals surface area contributed by atoms with E-state index in [9.17, 15) is 8.42 Å². The Kier molecular flexibility index (Phi) is 3.87. The summed E-state index contributed by atoms with van der Waals surface area (Å²) in [6.45, 7) is 0.156. The van der Waals surface area contributed by atoms with Crippen molar-refractivity contribution in [2.24, 2.45) is 7.05 Å². The lowest BCUT2D eigenvalue weighted by molar-refractivity contribution is 0.580. The summed E-state index contributed by atoms with van der Waals surface area (Å²) < 4.78 is 29.9. The Balaban J connectivity index is 1.85. The normalized spacial score (nSPS) is 12.1. The molecule has 0 aliphatic rings. The molecule has 0 bridgehead atoms. The van der Waals surface area contributed by atoms with E-state index < -0.39 is 10.0 Å². The van der Waals surface area contributed by atoms with E-state index in [4.69, 9.17) is 0 Å². The monoisotopic (exact) mass is 385 g/mol. The number of benzene rings is 1. The fourth-order valence-corrected chi connectivity index (χ4v) is 5.06. The highest BCUT2D eigenvalue weighted by atomic mass is 79.9. The number of nitrogens with one attached hydrogen (secondary N) is 1. The number of halogens is 1. The summed E-state index contributed by atoms with van der Waals surface area (Å²) in [5, 5.41) is 0. The van der Waals surface area contributed by atoms with Crippen LogP contribution in [0.3, 0.4) is 0 Å². The van der Waals surface area contributed by atoms with Crippen LogP contribution in [0.25, 0.3) is 11.0 Å². The average molecular weight is 386 g/mol. The summed E-state index contributed by atoms with van der Waals surface area (Å²) in [4.78, 5) is 4.44. The predicted octanol–water partition coefficient (Wildman–Crippen LogP) is 2.88. The lowest BCUT2D eigenvalue weighted by atomic mass is 10.3. The number of thiophene rings is 1. The molecule has 0 aliphatic carbocycles. The summed E-state index contributed by atoms with van der Waals surface area (Å²) in [6, 6.07) is 11.0. The molecule has 3 rings (SSSR count). The van der Waals surface area contributed by atoms with Gasteiger partial charge in [-0.25, -0.2) is 18.1 Å². The minimum absolute atomic E-state index is 0.156. The van der Waals surface area contributed by atoms with E-state index in [1.54, 1.807) is 12.1 Å². The maximum Gasteiger partial charge on any atom is 0.250 e. The fraction of sp³-hybridized carbons (Fsp3) is 0.154. The molecule has 1 N–H and O–H groups in total. The molecular weight excluding hydrogens is 374 g/mol. The highest BCUT2D eigenvalue weighted by Crippen LogP contribution is 2.26. The number of aryl methyl sites for hydroxylation is 1. The summed E-state index contributed by atoms with van der Waals surface area (Å²) in [5.74, 6) is 0.676. The van der Waals surface area contributed by atoms with Gasteiger partial charge in [-0.1, -0.05) is 12.1 Å². The number of rotatable bonds is 4. The third-order valence-corrected chi connectivity index (χ3v) is 6.63. The van der Waals surface area contributed by atoms with Gasteiger partial charge in [0.2, 0.25) is 10.0 Å². The highest BCUT2D eigenvalue weighted by Gasteiger charge is 2.17. The Hall–Kier alpha value is -1.22. The predicted molar refractivity (Wildman–Crippen MR) is 86.8 cm³/mol. The van der Waals surface area contributed by atoms with Gasteiger partial charge in [-0.3, -0.25) is 0 Å². The zero-order valence-corrected chi connectivity index (χ0v) is 14.3. The molecule has 0 saturated heterocycles. The van der Waals surface area contributed by atoms with Gasteiger partial charge in [-0.15, -0.1) is 11.3 Å². The van der Waals surface area contributed by atoms with Crippen molar-refractivity contribution in [1.29, 1.82) is 0 Å². The lowest BCUT2D eigenvalue weighted by Crippen LogP contribution is -2.24. The van der Waals surface area contributed by atoms with Gasteiger partial charge in [0.05, 0.1) is 21.4 Å². The van der Waals surface area contributed by atoms with Gasteiger partial charge in [0, 0.05) is 7.05 Å². The van der Waals surface area contributed by atoms with Crippen LogP contribution in [0.5, 0.6) is 0 Å². The number of fused-ring (bicyclic) bond motifs is 1. The molecular formula is C13H12BrN3O2S2. The van der Waals surface area contributed by atoms with Crippen LogP contribution in [0.15, 0.2) is 44.4 Å². The summed E-state index contributed by atoms with van der Waals surface area (Å²) in [7, 11) is -1.63. The minimum Gasteiger partial charge on any atom is -0.330 e. The molecule has 0 unspecified atom stereocenters. The number of nitrogens with zero attached hydrogens (tertiary/aromatic N) is 2. The summed E-state index contributed by atoms with van der Waals surface area (Å²) >= 11 is 4.44. The van der Waals surface area contributed by atoms with E-state index in [2.05, 4.69) is 25.6 Å². The molecule has 0 radical (unpaired) electrons. The van der Waals surface area contributed by atoms with Gasteiger partial charge in [0.1, 0.15) is 10.0 Å². The van der Waals surface area contributed by atoms with Gasteiger partial charge >= 0.3 is 0 Å². The first kappa shape index (κ1) is 14.7. The molecule has 8 heteroatoms. The minimum atomic E-state index is -3.51. The van der Waals surface area contributed by atoms with Crippen LogP contribution in [-0.4, -0.2) is 18.0 Å². The van der Waals surface area contributed by atoms with E-state index in [0.29, 0.717) is 5.82 Å². The van der Waals surface area contributed by atoms with E-state index >= 15 is 0 Å². The first-order valence-electron chi connectivity index (χ1n) is 6.13. The zero-order chi connectivity index (χ0) is 15.0. The SMILES string of the molecule is Cn1c(CNS(=O)(=O)c2ccc(Br)s2)nc2ccccc21. The van der Waals surface area contributed by atoms with E-state index in [1.165, 1.54) is 11.3 Å². The molecule has 0 aliphatic heterocycles. The molecule has 110 valence electrons. The van der Waals surface area contributed by atoms with Crippen molar-refractivity contribution >= 4 is 48.3 Å². The number of imidazole rings is 1. The molecule has 1 aromatic carbocycles. The largest absolute Gasteiger partial charge is 0.330 e. The third kappa shape index (κ3) is 2.89. The second-order valence-corrected chi connectivity index (χ2v) is 8.92. The number of sulfonamides is 1. The molecule has 0 fully saturated rings. The van der Waals surface area contributed by atoms with Crippen LogP contribution in [-0.2, 0) is 23.6 Å². The lowest BCUT2D eigenvalue weighted by Gasteiger charge is -2.05. The Morgan fingerprint density at radius 1 is 1.29 bits per heavy atom. The van der Waals surface area contributed by atoms with Crippen molar-refractivity contribution in [2.45, 2.75) is 10.8 Å². The van der Waals surface area contributed by atoms with Crippen molar-refractivity contribution in [3.8, 4) is 0 Å². The van der Waals surface area contributed by atoms with Crippen LogP contribution in [0.2, 0.25) is 0 Å². The van der Waals surface area contributed by atoms with Gasteiger partial charge < -0.3 is 4.57 Å². The van der Waals surface area contributed by atoms with Gasteiger partial charge in [0.25, 0.3) is 0 Å². The molecule has 2 aromatic heterocycles. The Morgan fingerprint density at radius 3 is 2.71 bits per heavy atom. The highest BCUT2D eigenvalue weighted by molar-refractivity contribution is 9.11. The van der Waals surface area contributed by atoms with Crippen molar-refractivity contribution in [3.63, 3.8) is 0 Å². The maximum absolute atomic E-state index is 12.2.